The van der Waals surface area contributed by atoms with Gasteiger partial charge in [0, 0.05) is 30.8 Å². The van der Waals surface area contributed by atoms with Crippen LogP contribution in [0.25, 0.3) is 0 Å². The van der Waals surface area contributed by atoms with Gasteiger partial charge in [0.1, 0.15) is 11.9 Å². The minimum Gasteiger partial charge on any atom is -0.490 e. The Bertz CT molecular complexity index is 685. The van der Waals surface area contributed by atoms with Crippen LogP contribution in [0.5, 0.6) is 5.75 Å². The molecule has 2 aromatic carbocycles. The van der Waals surface area contributed by atoms with Gasteiger partial charge >= 0.3 is 0 Å². The molecule has 5 heteroatoms. The Morgan fingerprint density at radius 1 is 1.33 bits per heavy atom. The molecule has 0 saturated heterocycles. The molecule has 0 spiro atoms. The predicted octanol–water partition coefficient (Wildman–Crippen LogP) is 3.53. The summed E-state index contributed by atoms with van der Waals surface area (Å²) >= 11 is 0. The molecule has 0 fully saturated rings. The number of fused-ring (bicyclic) bond motifs is 1. The number of rotatable bonds is 4. The van der Waals surface area contributed by atoms with Crippen molar-refractivity contribution in [3.8, 4) is 5.75 Å². The summed E-state index contributed by atoms with van der Waals surface area (Å²) in [5.74, 6) is 0.960. The lowest BCUT2D eigenvalue weighted by atomic mass is 10.1. The lowest BCUT2D eigenvalue weighted by molar-refractivity contribution is -0.384. The molecule has 2 aromatic rings. The van der Waals surface area contributed by atoms with Crippen molar-refractivity contribution in [1.82, 2.24) is 0 Å². The third kappa shape index (κ3) is 2.97. The smallest absolute Gasteiger partial charge is 0.271 e. The quantitative estimate of drug-likeness (QED) is 0.689. The summed E-state index contributed by atoms with van der Waals surface area (Å²) in [6, 6.07) is 12.7. The van der Waals surface area contributed by atoms with E-state index in [4.69, 9.17) is 4.74 Å². The van der Waals surface area contributed by atoms with Crippen LogP contribution in [0.1, 0.15) is 18.1 Å². The molecule has 108 valence electrons. The van der Waals surface area contributed by atoms with E-state index >= 15 is 0 Å². The topological polar surface area (TPSA) is 64.4 Å². The van der Waals surface area contributed by atoms with Crippen LogP contribution < -0.4 is 10.1 Å². The van der Waals surface area contributed by atoms with Crippen molar-refractivity contribution in [1.29, 1.82) is 0 Å². The maximum absolute atomic E-state index is 10.7. The van der Waals surface area contributed by atoms with E-state index in [-0.39, 0.29) is 16.7 Å². The number of non-ortho nitro benzene ring substituents is 1. The molecule has 1 aliphatic heterocycles. The summed E-state index contributed by atoms with van der Waals surface area (Å²) in [6.45, 7) is 2.68. The molecule has 0 radical (unpaired) electrons. The molecule has 0 saturated carbocycles. The number of hydrogen-bond donors (Lipinski definition) is 1. The van der Waals surface area contributed by atoms with E-state index in [9.17, 15) is 10.1 Å². The fraction of sp³-hybridized carbons (Fsp3) is 0.250. The minimum atomic E-state index is -0.390. The van der Waals surface area contributed by atoms with Crippen LogP contribution in [0, 0.1) is 10.1 Å². The van der Waals surface area contributed by atoms with Gasteiger partial charge in [-0.25, -0.2) is 0 Å². The maximum Gasteiger partial charge on any atom is 0.271 e. The first kappa shape index (κ1) is 13.4. The lowest BCUT2D eigenvalue weighted by Crippen LogP contribution is -2.05. The molecule has 1 N–H and O–H groups in total. The highest BCUT2D eigenvalue weighted by molar-refractivity contribution is 5.51. The highest BCUT2D eigenvalue weighted by Gasteiger charge is 2.18. The van der Waals surface area contributed by atoms with E-state index in [1.54, 1.807) is 12.1 Å². The van der Waals surface area contributed by atoms with Gasteiger partial charge in [0.2, 0.25) is 0 Å². The summed E-state index contributed by atoms with van der Waals surface area (Å²) in [7, 11) is 0. The zero-order chi connectivity index (χ0) is 14.8. The molecule has 0 aromatic heterocycles. The first-order valence-corrected chi connectivity index (χ1v) is 6.88. The van der Waals surface area contributed by atoms with Crippen LogP contribution >= 0.6 is 0 Å². The average molecular weight is 284 g/mol. The van der Waals surface area contributed by atoms with E-state index < -0.39 is 0 Å². The highest BCUT2D eigenvalue weighted by atomic mass is 16.6. The monoisotopic (exact) mass is 284 g/mol. The number of benzene rings is 2. The normalized spacial score (nSPS) is 16.1. The first-order valence-electron chi connectivity index (χ1n) is 6.88. The van der Waals surface area contributed by atoms with E-state index in [1.165, 1.54) is 11.6 Å². The Morgan fingerprint density at radius 2 is 2.19 bits per heavy atom. The summed E-state index contributed by atoms with van der Waals surface area (Å²) in [5, 5.41) is 14.0. The third-order valence-corrected chi connectivity index (χ3v) is 3.51. The second kappa shape index (κ2) is 5.44. The molecule has 0 unspecified atom stereocenters. The molecule has 5 nitrogen and oxygen atoms in total. The van der Waals surface area contributed by atoms with Crippen molar-refractivity contribution in [2.75, 3.05) is 5.32 Å². The number of nitrogens with one attached hydrogen (secondary N) is 1. The lowest BCUT2D eigenvalue weighted by Gasteiger charge is -2.08. The molecule has 1 aliphatic rings. The van der Waals surface area contributed by atoms with Gasteiger partial charge in [-0.15, -0.1) is 0 Å². The first-order chi connectivity index (χ1) is 10.1. The fourth-order valence-electron chi connectivity index (χ4n) is 2.52. The van der Waals surface area contributed by atoms with Crippen LogP contribution in [0.2, 0.25) is 0 Å². The summed E-state index contributed by atoms with van der Waals surface area (Å²) in [5.41, 5.74) is 3.20. The van der Waals surface area contributed by atoms with Crippen molar-refractivity contribution in [2.24, 2.45) is 0 Å². The number of anilines is 1. The zero-order valence-electron chi connectivity index (χ0n) is 11.7. The van der Waals surface area contributed by atoms with Gasteiger partial charge < -0.3 is 10.1 Å². The molecule has 0 aliphatic carbocycles. The van der Waals surface area contributed by atoms with E-state index in [1.807, 2.05) is 18.2 Å². The SMILES string of the molecule is C[C@H]1Cc2cc(CNc3cccc([N+](=O)[O-])c3)ccc2O1. The van der Waals surface area contributed by atoms with E-state index in [0.717, 1.165) is 23.4 Å². The van der Waals surface area contributed by atoms with Crippen LogP contribution in [0.4, 0.5) is 11.4 Å². The Labute approximate surface area is 122 Å². The molecule has 0 amide bonds. The van der Waals surface area contributed by atoms with Crippen LogP contribution in [-0.4, -0.2) is 11.0 Å². The Morgan fingerprint density at radius 3 is 3.00 bits per heavy atom. The van der Waals surface area contributed by atoms with Crippen LogP contribution in [-0.2, 0) is 13.0 Å². The summed E-state index contributed by atoms with van der Waals surface area (Å²) < 4.78 is 5.67. The van der Waals surface area contributed by atoms with Gasteiger partial charge in [-0.3, -0.25) is 10.1 Å². The number of nitrogens with zero attached hydrogens (tertiary/aromatic N) is 1. The highest BCUT2D eigenvalue weighted by Crippen LogP contribution is 2.29. The fourth-order valence-corrected chi connectivity index (χ4v) is 2.52. The molecule has 1 atom stereocenters. The van der Waals surface area contributed by atoms with Crippen molar-refractivity contribution in [2.45, 2.75) is 26.0 Å². The van der Waals surface area contributed by atoms with Gasteiger partial charge in [-0.2, -0.15) is 0 Å². The van der Waals surface area contributed by atoms with Crippen molar-refractivity contribution in [3.05, 3.63) is 63.7 Å². The number of hydrogen-bond acceptors (Lipinski definition) is 4. The Kier molecular flexibility index (Phi) is 3.48. The zero-order valence-corrected chi connectivity index (χ0v) is 11.7. The average Bonchev–Trinajstić information content (AvgIpc) is 2.84. The molecule has 1 heterocycles. The molecule has 0 bridgehead atoms. The molecule has 21 heavy (non-hydrogen) atoms. The van der Waals surface area contributed by atoms with Crippen LogP contribution in [0.15, 0.2) is 42.5 Å². The van der Waals surface area contributed by atoms with Gasteiger partial charge in [0.05, 0.1) is 4.92 Å². The second-order valence-corrected chi connectivity index (χ2v) is 5.24. The van der Waals surface area contributed by atoms with Crippen molar-refractivity contribution >= 4 is 11.4 Å². The van der Waals surface area contributed by atoms with E-state index in [2.05, 4.69) is 18.3 Å². The standard InChI is InChI=1S/C16H16N2O3/c1-11-7-13-8-12(5-6-16(13)21-11)10-17-14-3-2-4-15(9-14)18(19)20/h2-6,8-9,11,17H,7,10H2,1H3/t11-/m0/s1. The van der Waals surface area contributed by atoms with Gasteiger partial charge in [-0.1, -0.05) is 18.2 Å². The molecular weight excluding hydrogens is 268 g/mol. The minimum absolute atomic E-state index is 0.0937. The number of nitro benzene ring substituents is 1. The largest absolute Gasteiger partial charge is 0.490 e. The third-order valence-electron chi connectivity index (χ3n) is 3.51. The predicted molar refractivity (Wildman–Crippen MR) is 80.7 cm³/mol. The summed E-state index contributed by atoms with van der Waals surface area (Å²) in [4.78, 5) is 10.4. The van der Waals surface area contributed by atoms with Crippen molar-refractivity contribution < 1.29 is 9.66 Å². The van der Waals surface area contributed by atoms with Crippen LogP contribution in [0.3, 0.4) is 0 Å². The second-order valence-electron chi connectivity index (χ2n) is 5.24. The van der Waals surface area contributed by atoms with Crippen molar-refractivity contribution in [3.63, 3.8) is 0 Å². The Hall–Kier alpha value is -2.56. The number of ether oxygens (including phenoxy) is 1. The molecular formula is C16H16N2O3. The van der Waals surface area contributed by atoms with E-state index in [0.29, 0.717) is 6.54 Å². The molecule has 3 rings (SSSR count). The summed E-state index contributed by atoms with van der Waals surface area (Å²) in [6.07, 6.45) is 1.17. The van der Waals surface area contributed by atoms with Gasteiger partial charge in [-0.05, 0) is 30.2 Å². The maximum atomic E-state index is 10.7. The Balaban J connectivity index is 1.70. The van der Waals surface area contributed by atoms with Gasteiger partial charge in [0.15, 0.2) is 0 Å². The van der Waals surface area contributed by atoms with Gasteiger partial charge in [0.25, 0.3) is 5.69 Å². The number of nitro groups is 1.